The largest absolute Gasteiger partial charge is 0.496 e. The van der Waals surface area contributed by atoms with Gasteiger partial charge in [-0.2, -0.15) is 9.49 Å². The molecule has 4 nitrogen and oxygen atoms in total. The lowest BCUT2D eigenvalue weighted by Crippen LogP contribution is -2.05. The third-order valence-corrected chi connectivity index (χ3v) is 4.55. The molecule has 0 fully saturated rings. The molecule has 0 spiro atoms. The maximum absolute atomic E-state index is 13.2. The molecule has 6 heteroatoms. The van der Waals surface area contributed by atoms with Gasteiger partial charge in [0, 0.05) is 35.1 Å². The Bertz CT molecular complexity index is 890. The van der Waals surface area contributed by atoms with Crippen molar-refractivity contribution in [3.05, 3.63) is 64.5 Å². The first-order valence-electron chi connectivity index (χ1n) is 7.97. The van der Waals surface area contributed by atoms with Gasteiger partial charge in [-0.3, -0.25) is 4.68 Å². The summed E-state index contributed by atoms with van der Waals surface area (Å²) >= 11 is 6.44. The van der Waals surface area contributed by atoms with Crippen LogP contribution >= 0.6 is 11.6 Å². The Balaban J connectivity index is 2.02. The van der Waals surface area contributed by atoms with Gasteiger partial charge in [0.15, 0.2) is 0 Å². The van der Waals surface area contributed by atoms with Crippen molar-refractivity contribution in [3.8, 4) is 16.9 Å². The monoisotopic (exact) mass is 359 g/mol. The van der Waals surface area contributed by atoms with E-state index >= 15 is 0 Å². The number of hydrogen-bond donors (Lipinski definition) is 0. The molecule has 0 aliphatic rings. The number of rotatable bonds is 5. The number of benzene rings is 1. The van der Waals surface area contributed by atoms with Gasteiger partial charge in [-0.25, -0.2) is 4.98 Å². The highest BCUT2D eigenvalue weighted by Gasteiger charge is 2.17. The van der Waals surface area contributed by atoms with Crippen molar-refractivity contribution >= 4 is 11.6 Å². The third-order valence-electron chi connectivity index (χ3n) is 4.16. The number of aromatic nitrogens is 3. The molecule has 2 heterocycles. The molecule has 25 heavy (non-hydrogen) atoms. The van der Waals surface area contributed by atoms with Crippen LogP contribution in [0.3, 0.4) is 0 Å². The average Bonchev–Trinajstić information content (AvgIpc) is 3.01. The summed E-state index contributed by atoms with van der Waals surface area (Å²) in [5.41, 5.74) is 4.45. The van der Waals surface area contributed by atoms with Gasteiger partial charge in [-0.15, -0.1) is 0 Å². The van der Waals surface area contributed by atoms with E-state index in [0.29, 0.717) is 18.0 Å². The number of ether oxygens (including phenoxy) is 1. The molecule has 1 aromatic carbocycles. The molecule has 0 aliphatic carbocycles. The lowest BCUT2D eigenvalue weighted by Gasteiger charge is -2.18. The second kappa shape index (κ2) is 7.23. The number of nitrogens with zero attached hydrogens (tertiary/aromatic N) is 3. The standard InChI is InChI=1S/C19H19ClFN3O/c1-12-6-8-24(23-12)9-7-14-10-16(20)13(2)18(19(14)25-3)15-4-5-17(21)22-11-15/h4-6,8,10-11H,7,9H2,1-3H3. The molecule has 0 saturated carbocycles. The fourth-order valence-electron chi connectivity index (χ4n) is 2.89. The molecular weight excluding hydrogens is 341 g/mol. The highest BCUT2D eigenvalue weighted by molar-refractivity contribution is 6.32. The number of aryl methyl sites for hydroxylation is 3. The van der Waals surface area contributed by atoms with Gasteiger partial charge < -0.3 is 4.74 Å². The van der Waals surface area contributed by atoms with Gasteiger partial charge in [0.05, 0.1) is 12.8 Å². The topological polar surface area (TPSA) is 39.9 Å². The van der Waals surface area contributed by atoms with Crippen LogP contribution in [0.2, 0.25) is 5.02 Å². The summed E-state index contributed by atoms with van der Waals surface area (Å²) in [6.07, 6.45) is 4.16. The normalized spacial score (nSPS) is 10.9. The number of pyridine rings is 1. The van der Waals surface area contributed by atoms with E-state index in [1.54, 1.807) is 13.2 Å². The molecule has 0 bridgehead atoms. The van der Waals surface area contributed by atoms with E-state index in [4.69, 9.17) is 16.3 Å². The van der Waals surface area contributed by atoms with Crippen LogP contribution in [0.1, 0.15) is 16.8 Å². The van der Waals surface area contributed by atoms with Crippen LogP contribution in [-0.2, 0) is 13.0 Å². The van der Waals surface area contributed by atoms with E-state index in [-0.39, 0.29) is 0 Å². The highest BCUT2D eigenvalue weighted by atomic mass is 35.5. The fourth-order valence-corrected chi connectivity index (χ4v) is 3.12. The SMILES string of the molecule is COc1c(CCn2ccc(C)n2)cc(Cl)c(C)c1-c1ccc(F)nc1. The van der Waals surface area contributed by atoms with Gasteiger partial charge >= 0.3 is 0 Å². The molecular formula is C19H19ClFN3O. The van der Waals surface area contributed by atoms with Gasteiger partial charge in [0.1, 0.15) is 5.75 Å². The van der Waals surface area contributed by atoms with Gasteiger partial charge in [-0.05, 0) is 55.7 Å². The summed E-state index contributed by atoms with van der Waals surface area (Å²) < 4.78 is 20.7. The minimum atomic E-state index is -0.517. The summed E-state index contributed by atoms with van der Waals surface area (Å²) in [4.78, 5) is 3.75. The molecule has 0 N–H and O–H groups in total. The Labute approximate surface area is 151 Å². The van der Waals surface area contributed by atoms with Crippen molar-refractivity contribution in [1.29, 1.82) is 0 Å². The number of methoxy groups -OCH3 is 1. The Hall–Kier alpha value is -2.40. The first-order valence-corrected chi connectivity index (χ1v) is 8.35. The smallest absolute Gasteiger partial charge is 0.212 e. The average molecular weight is 360 g/mol. The number of hydrogen-bond acceptors (Lipinski definition) is 3. The summed E-state index contributed by atoms with van der Waals surface area (Å²) in [7, 11) is 1.63. The van der Waals surface area contributed by atoms with Crippen LogP contribution in [0.15, 0.2) is 36.7 Å². The van der Waals surface area contributed by atoms with E-state index < -0.39 is 5.95 Å². The van der Waals surface area contributed by atoms with E-state index in [1.807, 2.05) is 36.9 Å². The van der Waals surface area contributed by atoms with Crippen molar-refractivity contribution in [1.82, 2.24) is 14.8 Å². The molecule has 2 aromatic heterocycles. The molecule has 3 aromatic rings. The van der Waals surface area contributed by atoms with Crippen LogP contribution < -0.4 is 4.74 Å². The molecule has 0 amide bonds. The van der Waals surface area contributed by atoms with Crippen molar-refractivity contribution in [2.45, 2.75) is 26.8 Å². The number of halogens is 2. The first kappa shape index (κ1) is 17.4. The minimum Gasteiger partial charge on any atom is -0.496 e. The lowest BCUT2D eigenvalue weighted by molar-refractivity contribution is 0.409. The van der Waals surface area contributed by atoms with E-state index in [9.17, 15) is 4.39 Å². The van der Waals surface area contributed by atoms with Gasteiger partial charge in [0.25, 0.3) is 0 Å². The second-order valence-corrected chi connectivity index (χ2v) is 6.30. The van der Waals surface area contributed by atoms with Crippen molar-refractivity contribution in [3.63, 3.8) is 0 Å². The molecule has 0 atom stereocenters. The predicted molar refractivity (Wildman–Crippen MR) is 96.6 cm³/mol. The van der Waals surface area contributed by atoms with Crippen molar-refractivity contribution in [2.24, 2.45) is 0 Å². The molecule has 0 aliphatic heterocycles. The summed E-state index contributed by atoms with van der Waals surface area (Å²) in [6.45, 7) is 4.59. The minimum absolute atomic E-state index is 0.517. The van der Waals surface area contributed by atoms with Gasteiger partial charge in [0.2, 0.25) is 5.95 Å². The highest BCUT2D eigenvalue weighted by Crippen LogP contribution is 2.40. The molecule has 0 saturated heterocycles. The van der Waals surface area contributed by atoms with Crippen LogP contribution in [0.4, 0.5) is 4.39 Å². The Morgan fingerprint density at radius 2 is 2.04 bits per heavy atom. The Morgan fingerprint density at radius 3 is 2.64 bits per heavy atom. The lowest BCUT2D eigenvalue weighted by atomic mass is 9.96. The maximum atomic E-state index is 13.2. The first-order chi connectivity index (χ1) is 12.0. The second-order valence-electron chi connectivity index (χ2n) is 5.89. The van der Waals surface area contributed by atoms with Crippen LogP contribution in [0.25, 0.3) is 11.1 Å². The van der Waals surface area contributed by atoms with E-state index in [0.717, 1.165) is 33.7 Å². The third kappa shape index (κ3) is 3.66. The summed E-state index contributed by atoms with van der Waals surface area (Å²) in [6, 6.07) is 6.91. The van der Waals surface area contributed by atoms with Crippen LogP contribution in [-0.4, -0.2) is 21.9 Å². The Kier molecular flexibility index (Phi) is 5.04. The summed E-state index contributed by atoms with van der Waals surface area (Å²) in [5.74, 6) is 0.218. The van der Waals surface area contributed by atoms with Crippen molar-refractivity contribution < 1.29 is 9.13 Å². The van der Waals surface area contributed by atoms with Crippen molar-refractivity contribution in [2.75, 3.05) is 7.11 Å². The summed E-state index contributed by atoms with van der Waals surface area (Å²) in [5, 5.41) is 5.05. The zero-order chi connectivity index (χ0) is 18.0. The zero-order valence-electron chi connectivity index (χ0n) is 14.4. The molecule has 3 rings (SSSR count). The van der Waals surface area contributed by atoms with E-state index in [2.05, 4.69) is 10.1 Å². The zero-order valence-corrected chi connectivity index (χ0v) is 15.1. The predicted octanol–water partition coefficient (Wildman–Crippen LogP) is 4.61. The molecule has 0 unspecified atom stereocenters. The maximum Gasteiger partial charge on any atom is 0.212 e. The van der Waals surface area contributed by atoms with Crippen LogP contribution in [0.5, 0.6) is 5.75 Å². The Morgan fingerprint density at radius 1 is 1.24 bits per heavy atom. The molecule has 0 radical (unpaired) electrons. The fraction of sp³-hybridized carbons (Fsp3) is 0.263. The molecule has 130 valence electrons. The van der Waals surface area contributed by atoms with Crippen LogP contribution in [0, 0.1) is 19.8 Å². The quantitative estimate of drug-likeness (QED) is 0.625. The van der Waals surface area contributed by atoms with Gasteiger partial charge in [-0.1, -0.05) is 11.6 Å². The van der Waals surface area contributed by atoms with E-state index in [1.165, 1.54) is 12.3 Å².